The average Bonchev–Trinajstić information content (AvgIpc) is 3.25. The summed E-state index contributed by atoms with van der Waals surface area (Å²) >= 11 is 0. The van der Waals surface area contributed by atoms with Crippen LogP contribution in [0.4, 0.5) is 25.1 Å². The van der Waals surface area contributed by atoms with E-state index in [2.05, 4.69) is 42.1 Å². The number of hydrogen-bond acceptors (Lipinski definition) is 7. The number of amidine groups is 1. The van der Waals surface area contributed by atoms with Gasteiger partial charge in [-0.3, -0.25) is 4.99 Å². The number of anilines is 2. The lowest BCUT2D eigenvalue weighted by Crippen LogP contribution is -2.45. The highest BCUT2D eigenvalue weighted by atomic mass is 19.4. The molecular weight excluding hydrogens is 443 g/mol. The number of alkyl halides is 3. The number of hydrogen-bond donors (Lipinski definition) is 1. The SMILES string of the molecule is C/C=C/C1=CC(Nc2nc(/C=C/c3cccc(C(F)(F)F)c3)nc(N3CCN(C)CC3)n2)=NC1. The van der Waals surface area contributed by atoms with Crippen LogP contribution < -0.4 is 10.2 Å². The van der Waals surface area contributed by atoms with Crippen LogP contribution >= 0.6 is 0 Å². The summed E-state index contributed by atoms with van der Waals surface area (Å²) in [6, 6.07) is 5.13. The first-order valence-corrected chi connectivity index (χ1v) is 11.0. The number of halogens is 3. The Morgan fingerprint density at radius 1 is 1.00 bits per heavy atom. The van der Waals surface area contributed by atoms with E-state index in [0.717, 1.165) is 43.9 Å². The molecule has 0 saturated carbocycles. The molecule has 0 spiro atoms. The highest BCUT2D eigenvalue weighted by Gasteiger charge is 2.30. The van der Waals surface area contributed by atoms with Crippen LogP contribution in [0, 0.1) is 0 Å². The molecule has 7 nitrogen and oxygen atoms in total. The Morgan fingerprint density at radius 3 is 2.53 bits per heavy atom. The minimum absolute atomic E-state index is 0.337. The molecule has 0 unspecified atom stereocenters. The third kappa shape index (κ3) is 6.07. The van der Waals surface area contributed by atoms with E-state index >= 15 is 0 Å². The number of nitrogens with zero attached hydrogens (tertiary/aromatic N) is 6. The molecule has 10 heteroatoms. The topological polar surface area (TPSA) is 69.5 Å². The molecule has 0 amide bonds. The van der Waals surface area contributed by atoms with Gasteiger partial charge in [-0.05, 0) is 49.4 Å². The molecule has 1 aromatic carbocycles. The highest BCUT2D eigenvalue weighted by Crippen LogP contribution is 2.30. The van der Waals surface area contributed by atoms with Crippen molar-refractivity contribution in [1.29, 1.82) is 0 Å². The molecular formula is C24H26F3N7. The van der Waals surface area contributed by atoms with E-state index in [9.17, 15) is 13.2 Å². The number of piperazine rings is 1. The van der Waals surface area contributed by atoms with Crippen molar-refractivity contribution >= 4 is 29.9 Å². The highest BCUT2D eigenvalue weighted by molar-refractivity contribution is 6.05. The van der Waals surface area contributed by atoms with Crippen LogP contribution in [0.15, 0.2) is 53.1 Å². The fraction of sp³-hybridized carbons (Fsp3) is 0.333. The molecule has 178 valence electrons. The van der Waals surface area contributed by atoms with Gasteiger partial charge < -0.3 is 15.1 Å². The van der Waals surface area contributed by atoms with Crippen LogP contribution in [0.2, 0.25) is 0 Å². The third-order valence-corrected chi connectivity index (χ3v) is 5.44. The largest absolute Gasteiger partial charge is 0.416 e. The molecule has 0 atom stereocenters. The second-order valence-electron chi connectivity index (χ2n) is 8.11. The number of allylic oxidation sites excluding steroid dienone is 1. The van der Waals surface area contributed by atoms with Gasteiger partial charge in [0, 0.05) is 26.2 Å². The van der Waals surface area contributed by atoms with Crippen molar-refractivity contribution in [3.05, 3.63) is 65.0 Å². The maximum atomic E-state index is 13.0. The van der Waals surface area contributed by atoms with E-state index in [4.69, 9.17) is 0 Å². The van der Waals surface area contributed by atoms with E-state index in [-0.39, 0.29) is 0 Å². The first kappa shape index (κ1) is 23.6. The van der Waals surface area contributed by atoms with Gasteiger partial charge in [0.15, 0.2) is 5.82 Å². The van der Waals surface area contributed by atoms with E-state index in [1.54, 1.807) is 18.2 Å². The summed E-state index contributed by atoms with van der Waals surface area (Å²) < 4.78 is 39.1. The van der Waals surface area contributed by atoms with Crippen LogP contribution in [0.25, 0.3) is 12.2 Å². The molecule has 0 radical (unpaired) electrons. The number of aliphatic imine (C=N–C) groups is 1. The monoisotopic (exact) mass is 469 g/mol. The smallest absolute Gasteiger partial charge is 0.338 e. The Kier molecular flexibility index (Phi) is 7.06. The lowest BCUT2D eigenvalue weighted by atomic mass is 10.1. The van der Waals surface area contributed by atoms with Gasteiger partial charge in [0.25, 0.3) is 0 Å². The average molecular weight is 470 g/mol. The van der Waals surface area contributed by atoms with Gasteiger partial charge in [0.2, 0.25) is 11.9 Å². The summed E-state index contributed by atoms with van der Waals surface area (Å²) in [5.74, 6) is 1.85. The second-order valence-corrected chi connectivity index (χ2v) is 8.11. The van der Waals surface area contributed by atoms with Gasteiger partial charge in [-0.2, -0.15) is 28.1 Å². The molecule has 0 bridgehead atoms. The molecule has 1 N–H and O–H groups in total. The number of benzene rings is 1. The van der Waals surface area contributed by atoms with Crippen LogP contribution in [0.5, 0.6) is 0 Å². The zero-order chi connectivity index (χ0) is 24.1. The molecule has 2 aromatic rings. The molecule has 3 heterocycles. The van der Waals surface area contributed by atoms with E-state index in [1.165, 1.54) is 6.07 Å². The maximum Gasteiger partial charge on any atom is 0.416 e. The zero-order valence-electron chi connectivity index (χ0n) is 19.0. The van der Waals surface area contributed by atoms with Crippen molar-refractivity contribution in [2.45, 2.75) is 13.1 Å². The van der Waals surface area contributed by atoms with Crippen molar-refractivity contribution in [2.24, 2.45) is 4.99 Å². The molecule has 1 fully saturated rings. The number of aromatic nitrogens is 3. The van der Waals surface area contributed by atoms with Gasteiger partial charge in [0.05, 0.1) is 12.1 Å². The van der Waals surface area contributed by atoms with Gasteiger partial charge in [-0.25, -0.2) is 0 Å². The fourth-order valence-corrected chi connectivity index (χ4v) is 3.60. The maximum absolute atomic E-state index is 13.0. The Hall–Kier alpha value is -3.53. The molecule has 1 aromatic heterocycles. The first-order valence-electron chi connectivity index (χ1n) is 11.0. The lowest BCUT2D eigenvalue weighted by molar-refractivity contribution is -0.137. The number of rotatable bonds is 5. The summed E-state index contributed by atoms with van der Waals surface area (Å²) in [7, 11) is 2.06. The standard InChI is InChI=1S/C24H26F3N7/c1-3-5-18-15-21(28-16-18)30-22-29-20(31-23(32-22)34-12-10-33(2)11-13-34)9-8-17-6-4-7-19(14-17)24(25,26)27/h3-9,14-15H,10-13,16H2,1-2H3,(H,28,29,30,31,32)/b5-3+,9-8+. The van der Waals surface area contributed by atoms with Crippen molar-refractivity contribution in [2.75, 3.05) is 50.0 Å². The summed E-state index contributed by atoms with van der Waals surface area (Å²) in [6.07, 6.45) is 4.64. The van der Waals surface area contributed by atoms with Crippen molar-refractivity contribution in [1.82, 2.24) is 19.9 Å². The van der Waals surface area contributed by atoms with E-state index in [1.807, 2.05) is 25.2 Å². The van der Waals surface area contributed by atoms with Crippen LogP contribution in [-0.2, 0) is 6.18 Å². The van der Waals surface area contributed by atoms with Gasteiger partial charge in [-0.15, -0.1) is 0 Å². The molecule has 34 heavy (non-hydrogen) atoms. The summed E-state index contributed by atoms with van der Waals surface area (Å²) in [4.78, 5) is 22.4. The predicted molar refractivity (Wildman–Crippen MR) is 129 cm³/mol. The zero-order valence-corrected chi connectivity index (χ0v) is 19.0. The molecule has 1 saturated heterocycles. The van der Waals surface area contributed by atoms with Gasteiger partial charge >= 0.3 is 6.18 Å². The lowest BCUT2D eigenvalue weighted by Gasteiger charge is -2.32. The predicted octanol–water partition coefficient (Wildman–Crippen LogP) is 4.14. The summed E-state index contributed by atoms with van der Waals surface area (Å²) in [5, 5.41) is 3.14. The molecule has 0 aliphatic carbocycles. The Morgan fingerprint density at radius 2 is 1.79 bits per heavy atom. The van der Waals surface area contributed by atoms with Crippen molar-refractivity contribution in [3.63, 3.8) is 0 Å². The normalized spacial score (nSPS) is 17.5. The van der Waals surface area contributed by atoms with Gasteiger partial charge in [-0.1, -0.05) is 30.4 Å². The van der Waals surface area contributed by atoms with E-state index < -0.39 is 11.7 Å². The minimum Gasteiger partial charge on any atom is -0.338 e. The second kappa shape index (κ2) is 10.2. The molecule has 4 rings (SSSR count). The summed E-state index contributed by atoms with van der Waals surface area (Å²) in [6.45, 7) is 5.82. The minimum atomic E-state index is -4.40. The first-order chi connectivity index (χ1) is 16.3. The summed E-state index contributed by atoms with van der Waals surface area (Å²) in [5.41, 5.74) is 0.779. The number of nitrogens with one attached hydrogen (secondary N) is 1. The Labute approximate surface area is 196 Å². The fourth-order valence-electron chi connectivity index (χ4n) is 3.60. The van der Waals surface area contributed by atoms with Gasteiger partial charge in [0.1, 0.15) is 5.84 Å². The Balaban J connectivity index is 1.61. The van der Waals surface area contributed by atoms with Crippen LogP contribution in [0.3, 0.4) is 0 Å². The van der Waals surface area contributed by atoms with Crippen molar-refractivity contribution in [3.8, 4) is 0 Å². The quantitative estimate of drug-likeness (QED) is 0.710. The number of likely N-dealkylation sites (N-methyl/N-ethyl adjacent to an activating group) is 1. The molecule has 2 aliphatic heterocycles. The molecule has 2 aliphatic rings. The van der Waals surface area contributed by atoms with E-state index in [0.29, 0.717) is 35.7 Å². The van der Waals surface area contributed by atoms with Crippen LogP contribution in [0.1, 0.15) is 23.9 Å². The third-order valence-electron chi connectivity index (χ3n) is 5.44. The Bertz CT molecular complexity index is 1140. The van der Waals surface area contributed by atoms with Crippen molar-refractivity contribution < 1.29 is 13.2 Å². The van der Waals surface area contributed by atoms with Crippen LogP contribution in [-0.4, -0.2) is 65.5 Å².